The maximum absolute atomic E-state index is 12.0. The third-order valence-electron chi connectivity index (χ3n) is 5.54. The number of aliphatic hydroxyl groups is 1. The zero-order valence-corrected chi connectivity index (χ0v) is 18.9. The van der Waals surface area contributed by atoms with Gasteiger partial charge in [-0.05, 0) is 49.2 Å². The van der Waals surface area contributed by atoms with Crippen LogP contribution in [0.1, 0.15) is 31.4 Å². The molecule has 2 aromatic carbocycles. The first kappa shape index (κ1) is 23.2. The van der Waals surface area contributed by atoms with Crippen LogP contribution in [0.5, 0.6) is 0 Å². The minimum atomic E-state index is -3.48. The standard InChI is InChI=1S/C23H31N3O4S/c1-18(27)24-21-17-19(10-11-23(21)31(2,29)30)22(28)9-6-12-25-13-15-26(16-14-25)20-7-4-3-5-8-20/h3-5,7-8,10-11,17,22,28H,6,9,12-16H2,1-2H3,(H,24,27). The highest BCUT2D eigenvalue weighted by Crippen LogP contribution is 2.28. The van der Waals surface area contributed by atoms with E-state index in [4.69, 9.17) is 0 Å². The number of anilines is 2. The monoisotopic (exact) mass is 445 g/mol. The Bertz CT molecular complexity index is 987. The summed E-state index contributed by atoms with van der Waals surface area (Å²) in [5.41, 5.74) is 2.07. The fourth-order valence-corrected chi connectivity index (χ4v) is 4.73. The van der Waals surface area contributed by atoms with E-state index in [0.29, 0.717) is 12.0 Å². The quantitative estimate of drug-likeness (QED) is 0.649. The van der Waals surface area contributed by atoms with Crippen molar-refractivity contribution in [2.24, 2.45) is 0 Å². The molecule has 1 fully saturated rings. The Hall–Kier alpha value is -2.42. The van der Waals surface area contributed by atoms with Gasteiger partial charge in [0.25, 0.3) is 0 Å². The zero-order chi connectivity index (χ0) is 22.4. The molecule has 1 aliphatic rings. The summed E-state index contributed by atoms with van der Waals surface area (Å²) < 4.78 is 23.9. The highest BCUT2D eigenvalue weighted by atomic mass is 32.2. The SMILES string of the molecule is CC(=O)Nc1cc(C(O)CCCN2CCN(c3ccccc3)CC2)ccc1S(C)(=O)=O. The van der Waals surface area contributed by atoms with Gasteiger partial charge in [-0.25, -0.2) is 8.42 Å². The van der Waals surface area contributed by atoms with Crippen molar-refractivity contribution in [1.29, 1.82) is 0 Å². The molecule has 0 aromatic heterocycles. The van der Waals surface area contributed by atoms with Crippen LogP contribution in [-0.2, 0) is 14.6 Å². The summed E-state index contributed by atoms with van der Waals surface area (Å²) in [6.07, 6.45) is 1.78. The van der Waals surface area contributed by atoms with Crippen molar-refractivity contribution in [3.8, 4) is 0 Å². The summed E-state index contributed by atoms with van der Waals surface area (Å²) >= 11 is 0. The number of para-hydroxylation sites is 1. The topological polar surface area (TPSA) is 89.9 Å². The molecule has 1 aliphatic heterocycles. The molecule has 8 heteroatoms. The summed E-state index contributed by atoms with van der Waals surface area (Å²) in [4.78, 5) is 16.3. The first-order valence-electron chi connectivity index (χ1n) is 10.6. The number of rotatable bonds is 8. The largest absolute Gasteiger partial charge is 0.388 e. The number of nitrogens with zero attached hydrogens (tertiary/aromatic N) is 2. The van der Waals surface area contributed by atoms with E-state index < -0.39 is 15.9 Å². The van der Waals surface area contributed by atoms with Crippen LogP contribution in [0, 0.1) is 0 Å². The molecule has 7 nitrogen and oxygen atoms in total. The van der Waals surface area contributed by atoms with E-state index in [-0.39, 0.29) is 16.5 Å². The summed E-state index contributed by atoms with van der Waals surface area (Å²) in [7, 11) is -3.48. The van der Waals surface area contributed by atoms with Crippen LogP contribution in [0.25, 0.3) is 0 Å². The molecule has 1 saturated heterocycles. The van der Waals surface area contributed by atoms with Crippen molar-refractivity contribution in [1.82, 2.24) is 4.90 Å². The Labute approximate surface area is 184 Å². The summed E-state index contributed by atoms with van der Waals surface area (Å²) in [6.45, 7) is 6.17. The molecular weight excluding hydrogens is 414 g/mol. The molecule has 31 heavy (non-hydrogen) atoms. The minimum absolute atomic E-state index is 0.0509. The first-order chi connectivity index (χ1) is 14.7. The van der Waals surface area contributed by atoms with Crippen molar-refractivity contribution in [2.75, 3.05) is 49.2 Å². The second-order valence-corrected chi connectivity index (χ2v) is 10.0. The maximum atomic E-state index is 12.0. The molecule has 2 N–H and O–H groups in total. The van der Waals surface area contributed by atoms with Crippen molar-refractivity contribution >= 4 is 27.1 Å². The number of nitrogens with one attached hydrogen (secondary N) is 1. The number of carbonyl (C=O) groups is 1. The van der Waals surface area contributed by atoms with Gasteiger partial charge in [0, 0.05) is 45.0 Å². The fraction of sp³-hybridized carbons (Fsp3) is 0.435. The maximum Gasteiger partial charge on any atom is 0.221 e. The van der Waals surface area contributed by atoms with Gasteiger partial charge in [-0.15, -0.1) is 0 Å². The number of hydrogen-bond acceptors (Lipinski definition) is 6. The van der Waals surface area contributed by atoms with Gasteiger partial charge < -0.3 is 15.3 Å². The van der Waals surface area contributed by atoms with E-state index in [2.05, 4.69) is 39.4 Å². The van der Waals surface area contributed by atoms with Gasteiger partial charge in [0.2, 0.25) is 5.91 Å². The molecule has 3 rings (SSSR count). The molecule has 2 aromatic rings. The second-order valence-electron chi connectivity index (χ2n) is 8.03. The number of benzene rings is 2. The van der Waals surface area contributed by atoms with Gasteiger partial charge in [0.15, 0.2) is 9.84 Å². The Morgan fingerprint density at radius 2 is 1.77 bits per heavy atom. The van der Waals surface area contributed by atoms with Gasteiger partial charge >= 0.3 is 0 Å². The lowest BCUT2D eigenvalue weighted by Crippen LogP contribution is -2.46. The van der Waals surface area contributed by atoms with Crippen LogP contribution < -0.4 is 10.2 Å². The number of sulfone groups is 1. The van der Waals surface area contributed by atoms with Crippen molar-refractivity contribution in [2.45, 2.75) is 30.8 Å². The number of piperazine rings is 1. The lowest BCUT2D eigenvalue weighted by Gasteiger charge is -2.36. The smallest absolute Gasteiger partial charge is 0.221 e. The molecule has 1 heterocycles. The van der Waals surface area contributed by atoms with Crippen LogP contribution in [0.15, 0.2) is 53.4 Å². The van der Waals surface area contributed by atoms with E-state index >= 15 is 0 Å². The highest BCUT2D eigenvalue weighted by Gasteiger charge is 2.19. The molecule has 1 atom stereocenters. The average Bonchev–Trinajstić information content (AvgIpc) is 2.73. The normalized spacial score (nSPS) is 16.2. The minimum Gasteiger partial charge on any atom is -0.388 e. The van der Waals surface area contributed by atoms with Gasteiger partial charge in [-0.2, -0.15) is 0 Å². The first-order valence-corrected chi connectivity index (χ1v) is 12.4. The van der Waals surface area contributed by atoms with Gasteiger partial charge in [0.1, 0.15) is 0 Å². The molecule has 168 valence electrons. The van der Waals surface area contributed by atoms with Gasteiger partial charge in [0.05, 0.1) is 16.7 Å². The summed E-state index contributed by atoms with van der Waals surface area (Å²) in [5.74, 6) is -0.355. The van der Waals surface area contributed by atoms with Crippen LogP contribution in [0.4, 0.5) is 11.4 Å². The number of aliphatic hydroxyl groups excluding tert-OH is 1. The molecule has 0 saturated carbocycles. The fourth-order valence-electron chi connectivity index (χ4n) is 3.91. The number of amides is 1. The van der Waals surface area contributed by atoms with Crippen LogP contribution in [0.3, 0.4) is 0 Å². The summed E-state index contributed by atoms with van der Waals surface area (Å²) in [6, 6.07) is 15.0. The lowest BCUT2D eigenvalue weighted by atomic mass is 10.0. The third kappa shape index (κ3) is 6.53. The Morgan fingerprint density at radius 1 is 1.10 bits per heavy atom. The highest BCUT2D eigenvalue weighted by molar-refractivity contribution is 7.90. The van der Waals surface area contributed by atoms with Gasteiger partial charge in [-0.1, -0.05) is 24.3 Å². The van der Waals surface area contributed by atoms with Crippen molar-refractivity contribution < 1.29 is 18.3 Å². The van der Waals surface area contributed by atoms with E-state index in [0.717, 1.165) is 45.4 Å². The van der Waals surface area contributed by atoms with E-state index in [1.807, 2.05) is 6.07 Å². The van der Waals surface area contributed by atoms with E-state index in [1.165, 1.54) is 18.7 Å². The molecule has 0 bridgehead atoms. The third-order valence-corrected chi connectivity index (χ3v) is 6.70. The van der Waals surface area contributed by atoms with Crippen LogP contribution in [0.2, 0.25) is 0 Å². The van der Waals surface area contributed by atoms with Gasteiger partial charge in [-0.3, -0.25) is 9.69 Å². The molecule has 0 radical (unpaired) electrons. The lowest BCUT2D eigenvalue weighted by molar-refractivity contribution is -0.114. The van der Waals surface area contributed by atoms with E-state index in [9.17, 15) is 18.3 Å². The Kier molecular flexibility index (Phi) is 7.69. The second kappa shape index (κ2) is 10.3. The summed E-state index contributed by atoms with van der Waals surface area (Å²) in [5, 5.41) is 13.2. The average molecular weight is 446 g/mol. The Balaban J connectivity index is 1.52. The van der Waals surface area contributed by atoms with Crippen LogP contribution in [-0.4, -0.2) is 63.3 Å². The van der Waals surface area contributed by atoms with Crippen molar-refractivity contribution in [3.05, 3.63) is 54.1 Å². The number of hydrogen-bond donors (Lipinski definition) is 2. The molecule has 1 unspecified atom stereocenters. The van der Waals surface area contributed by atoms with Crippen LogP contribution >= 0.6 is 0 Å². The van der Waals surface area contributed by atoms with E-state index in [1.54, 1.807) is 12.1 Å². The number of carbonyl (C=O) groups excluding carboxylic acids is 1. The van der Waals surface area contributed by atoms with Crippen molar-refractivity contribution in [3.63, 3.8) is 0 Å². The zero-order valence-electron chi connectivity index (χ0n) is 18.1. The molecule has 0 spiro atoms. The molecular formula is C23H31N3O4S. The molecule has 0 aliphatic carbocycles. The predicted molar refractivity (Wildman–Crippen MR) is 123 cm³/mol. The Morgan fingerprint density at radius 3 is 2.39 bits per heavy atom. The predicted octanol–water partition coefficient (Wildman–Crippen LogP) is 2.68. The molecule has 1 amide bonds.